The van der Waals surface area contributed by atoms with Gasteiger partial charge in [-0.1, -0.05) is 11.8 Å². The summed E-state index contributed by atoms with van der Waals surface area (Å²) in [6.07, 6.45) is -0.236. The number of nitro benzene ring substituents is 1. The van der Waals surface area contributed by atoms with E-state index < -0.39 is 16.9 Å². The molecule has 0 spiro atoms. The fourth-order valence-corrected chi connectivity index (χ4v) is 5.37. The van der Waals surface area contributed by atoms with Crippen LogP contribution in [-0.4, -0.2) is 77.3 Å². The van der Waals surface area contributed by atoms with Gasteiger partial charge in [-0.25, -0.2) is 9.79 Å². The molecule has 11 nitrogen and oxygen atoms in total. The second-order valence-corrected chi connectivity index (χ2v) is 10.0. The number of rotatable bonds is 9. The number of allylic oxidation sites excluding steroid dienone is 1. The van der Waals surface area contributed by atoms with Crippen molar-refractivity contribution in [2.75, 3.05) is 39.4 Å². The number of hydrogen-bond donors (Lipinski definition) is 1. The van der Waals surface area contributed by atoms with E-state index in [-0.39, 0.29) is 24.1 Å². The number of amidine groups is 1. The molecule has 3 aliphatic heterocycles. The Balaban J connectivity index is 1.55. The van der Waals surface area contributed by atoms with E-state index in [4.69, 9.17) is 9.47 Å². The predicted molar refractivity (Wildman–Crippen MR) is 140 cm³/mol. The molecule has 3 aliphatic rings. The van der Waals surface area contributed by atoms with Crippen LogP contribution in [0.4, 0.5) is 5.69 Å². The van der Waals surface area contributed by atoms with Gasteiger partial charge in [0.05, 0.1) is 48.0 Å². The van der Waals surface area contributed by atoms with Gasteiger partial charge in [0.2, 0.25) is 5.91 Å². The molecule has 12 heteroatoms. The SMILES string of the molecule is CC1=C(C(=O)OC(C)C)[C@@H](c2ccc([N+](=O)[O-])cc2)N2C(CC(=O)NCCN3CCOCC3)=CSC2=N1. The topological polar surface area (TPSA) is 127 Å². The molecule has 0 saturated carbocycles. The van der Waals surface area contributed by atoms with Crippen LogP contribution in [-0.2, 0) is 19.1 Å². The van der Waals surface area contributed by atoms with Gasteiger partial charge in [-0.3, -0.25) is 19.8 Å². The van der Waals surface area contributed by atoms with E-state index in [1.54, 1.807) is 32.9 Å². The van der Waals surface area contributed by atoms with Crippen molar-refractivity contribution in [3.05, 3.63) is 62.3 Å². The summed E-state index contributed by atoms with van der Waals surface area (Å²) in [5.41, 5.74) is 2.16. The highest BCUT2D eigenvalue weighted by Crippen LogP contribution is 2.45. The lowest BCUT2D eigenvalue weighted by atomic mass is 9.93. The van der Waals surface area contributed by atoms with Crippen molar-refractivity contribution in [3.8, 4) is 0 Å². The molecule has 0 bridgehead atoms. The van der Waals surface area contributed by atoms with Gasteiger partial charge in [0.25, 0.3) is 5.69 Å². The molecule has 0 unspecified atom stereocenters. The first-order chi connectivity index (χ1) is 17.7. The summed E-state index contributed by atoms with van der Waals surface area (Å²) in [5.74, 6) is -0.647. The molecule has 1 saturated heterocycles. The number of nitrogens with one attached hydrogen (secondary N) is 1. The third-order valence-corrected chi connectivity index (χ3v) is 7.07. The monoisotopic (exact) mass is 529 g/mol. The van der Waals surface area contributed by atoms with E-state index >= 15 is 0 Å². The van der Waals surface area contributed by atoms with Crippen LogP contribution < -0.4 is 5.32 Å². The van der Waals surface area contributed by atoms with E-state index in [0.717, 1.165) is 19.6 Å². The number of carbonyl (C=O) groups excluding carboxylic acids is 2. The number of fused-ring (bicyclic) bond motifs is 1. The minimum atomic E-state index is -0.637. The Morgan fingerprint density at radius 2 is 1.97 bits per heavy atom. The van der Waals surface area contributed by atoms with Crippen molar-refractivity contribution >= 4 is 34.5 Å². The smallest absolute Gasteiger partial charge is 0.338 e. The number of amides is 1. The lowest BCUT2D eigenvalue weighted by Crippen LogP contribution is -2.42. The highest BCUT2D eigenvalue weighted by atomic mass is 32.2. The van der Waals surface area contributed by atoms with Crippen molar-refractivity contribution in [3.63, 3.8) is 0 Å². The Morgan fingerprint density at radius 3 is 2.62 bits per heavy atom. The van der Waals surface area contributed by atoms with Gasteiger partial charge in [-0.15, -0.1) is 0 Å². The average molecular weight is 530 g/mol. The number of aliphatic imine (C=N–C) groups is 1. The molecule has 1 N–H and O–H groups in total. The number of morpholine rings is 1. The van der Waals surface area contributed by atoms with Gasteiger partial charge in [0.15, 0.2) is 5.17 Å². The van der Waals surface area contributed by atoms with Gasteiger partial charge in [0.1, 0.15) is 0 Å². The van der Waals surface area contributed by atoms with Crippen LogP contribution in [0.15, 0.2) is 51.6 Å². The summed E-state index contributed by atoms with van der Waals surface area (Å²) in [5, 5.41) is 16.7. The molecule has 0 aromatic heterocycles. The van der Waals surface area contributed by atoms with Crippen LogP contribution in [0.5, 0.6) is 0 Å². The molecule has 0 aliphatic carbocycles. The lowest BCUT2D eigenvalue weighted by molar-refractivity contribution is -0.384. The van der Waals surface area contributed by atoms with Crippen molar-refractivity contribution in [2.24, 2.45) is 4.99 Å². The summed E-state index contributed by atoms with van der Waals surface area (Å²) in [4.78, 5) is 45.5. The largest absolute Gasteiger partial charge is 0.459 e. The molecule has 198 valence electrons. The van der Waals surface area contributed by atoms with Crippen molar-refractivity contribution in [1.82, 2.24) is 15.1 Å². The number of nitro groups is 1. The van der Waals surface area contributed by atoms with Crippen LogP contribution in [0, 0.1) is 10.1 Å². The summed E-state index contributed by atoms with van der Waals surface area (Å²) in [6.45, 7) is 9.66. The minimum Gasteiger partial charge on any atom is -0.459 e. The molecular formula is C25H31N5O6S. The van der Waals surface area contributed by atoms with Crippen LogP contribution in [0.3, 0.4) is 0 Å². The Labute approximate surface area is 219 Å². The van der Waals surface area contributed by atoms with Crippen LogP contribution >= 0.6 is 11.8 Å². The maximum Gasteiger partial charge on any atom is 0.338 e. The Hall–Kier alpha value is -3.22. The minimum absolute atomic E-state index is 0.0494. The number of esters is 1. The molecule has 1 aromatic carbocycles. The zero-order valence-corrected chi connectivity index (χ0v) is 22.0. The van der Waals surface area contributed by atoms with Crippen LogP contribution in [0.25, 0.3) is 0 Å². The zero-order valence-electron chi connectivity index (χ0n) is 21.1. The fourth-order valence-electron chi connectivity index (χ4n) is 4.41. The highest BCUT2D eigenvalue weighted by molar-refractivity contribution is 8.16. The number of carbonyl (C=O) groups is 2. The third-order valence-electron chi connectivity index (χ3n) is 6.18. The predicted octanol–water partition coefficient (Wildman–Crippen LogP) is 2.96. The van der Waals surface area contributed by atoms with Gasteiger partial charge in [-0.05, 0) is 43.9 Å². The van der Waals surface area contributed by atoms with E-state index in [2.05, 4.69) is 15.2 Å². The molecule has 1 atom stereocenters. The lowest BCUT2D eigenvalue weighted by Gasteiger charge is -2.36. The molecule has 1 amide bonds. The van der Waals surface area contributed by atoms with Crippen molar-refractivity contribution in [1.29, 1.82) is 0 Å². The summed E-state index contributed by atoms with van der Waals surface area (Å²) in [6, 6.07) is 5.44. The number of hydrogen-bond acceptors (Lipinski definition) is 10. The van der Waals surface area contributed by atoms with E-state index in [9.17, 15) is 19.7 Å². The second kappa shape index (κ2) is 11.9. The number of non-ortho nitro benzene ring substituents is 1. The number of ether oxygens (including phenoxy) is 2. The number of nitrogens with zero attached hydrogens (tertiary/aromatic N) is 4. The van der Waals surface area contributed by atoms with Crippen LogP contribution in [0.1, 0.15) is 38.8 Å². The quantitative estimate of drug-likeness (QED) is 0.292. The first-order valence-corrected chi connectivity index (χ1v) is 13.1. The first kappa shape index (κ1) is 26.8. The van der Waals surface area contributed by atoms with Gasteiger partial charge in [-0.2, -0.15) is 0 Å². The van der Waals surface area contributed by atoms with E-state index in [1.807, 2.05) is 10.3 Å². The first-order valence-electron chi connectivity index (χ1n) is 12.2. The molecule has 37 heavy (non-hydrogen) atoms. The molecule has 1 aromatic rings. The Bertz CT molecular complexity index is 1140. The second-order valence-electron chi connectivity index (χ2n) is 9.18. The summed E-state index contributed by atoms with van der Waals surface area (Å²) >= 11 is 1.38. The van der Waals surface area contributed by atoms with Gasteiger partial charge >= 0.3 is 5.97 Å². The standard InChI is InChI=1S/C25H31N5O6S/c1-16(2)36-24(32)22-17(3)27-25-29(23(22)18-4-6-19(7-5-18)30(33)34)20(15-37-25)14-21(31)26-8-9-28-10-12-35-13-11-28/h4-7,15-16,23H,8-14H2,1-3H3,(H,26,31)/t23-/m1/s1. The van der Waals surface area contributed by atoms with E-state index in [1.165, 1.54) is 23.9 Å². The molecular weight excluding hydrogens is 498 g/mol. The maximum absolute atomic E-state index is 13.2. The van der Waals surface area contributed by atoms with Crippen molar-refractivity contribution in [2.45, 2.75) is 39.3 Å². The third kappa shape index (κ3) is 6.38. The summed E-state index contributed by atoms with van der Waals surface area (Å²) in [7, 11) is 0. The Morgan fingerprint density at radius 1 is 1.27 bits per heavy atom. The molecule has 0 radical (unpaired) electrons. The molecule has 4 rings (SSSR count). The van der Waals surface area contributed by atoms with Gasteiger partial charge < -0.3 is 19.7 Å². The molecule has 3 heterocycles. The molecule has 1 fully saturated rings. The van der Waals surface area contributed by atoms with E-state index in [0.29, 0.717) is 47.5 Å². The average Bonchev–Trinajstić information content (AvgIpc) is 3.25. The van der Waals surface area contributed by atoms with Gasteiger partial charge in [0, 0.05) is 44.0 Å². The normalized spacial score (nSPS) is 19.9. The summed E-state index contributed by atoms with van der Waals surface area (Å²) < 4.78 is 10.9. The highest BCUT2D eigenvalue weighted by Gasteiger charge is 2.41. The Kier molecular flexibility index (Phi) is 8.62. The fraction of sp³-hybridized carbons (Fsp3) is 0.480. The van der Waals surface area contributed by atoms with Crippen LogP contribution in [0.2, 0.25) is 0 Å². The zero-order chi connectivity index (χ0) is 26.5. The van der Waals surface area contributed by atoms with Crippen molar-refractivity contribution < 1.29 is 24.0 Å². The number of benzene rings is 1. The number of thioether (sulfide) groups is 1. The maximum atomic E-state index is 13.2.